The summed E-state index contributed by atoms with van der Waals surface area (Å²) in [4.78, 5) is 13.3. The molecule has 4 aromatic rings. The van der Waals surface area contributed by atoms with Gasteiger partial charge in [-0.2, -0.15) is 0 Å². The second kappa shape index (κ2) is 8.31. The lowest BCUT2D eigenvalue weighted by atomic mass is 10.2. The van der Waals surface area contributed by atoms with Crippen LogP contribution in [0.4, 0.5) is 11.6 Å². The van der Waals surface area contributed by atoms with Crippen LogP contribution in [0, 0.1) is 6.92 Å². The number of nitrogens with one attached hydrogen (secondary N) is 1. The van der Waals surface area contributed by atoms with Crippen molar-refractivity contribution in [3.05, 3.63) is 66.2 Å². The van der Waals surface area contributed by atoms with Gasteiger partial charge >= 0.3 is 0 Å². The third-order valence-corrected chi connectivity index (χ3v) is 5.64. The Bertz CT molecular complexity index is 1190. The molecule has 31 heavy (non-hydrogen) atoms. The number of rotatable bonds is 6. The maximum Gasteiger partial charge on any atom is 0.166 e. The first-order valence-electron chi connectivity index (χ1n) is 10.5. The molecule has 0 radical (unpaired) electrons. The highest BCUT2D eigenvalue weighted by molar-refractivity contribution is 5.84. The smallest absolute Gasteiger partial charge is 0.166 e. The Hall–Kier alpha value is -3.52. The van der Waals surface area contributed by atoms with Gasteiger partial charge in [0.05, 0.1) is 30.0 Å². The standard InChI is InChI=1S/C23H25N7O/c1-15-11-25-23-21(22(24)29-30(23)12-15)18-10-20(27-14-26-18)28-17-8-5-9-19(17)31-13-16-6-3-2-4-7-16/h2-4,6-7,10-12,14,17,19H,5,8-9,13H2,1H3,(H2,24,29)(H,26,27,28)/t17-,19-/m1/s1. The number of benzene rings is 1. The van der Waals surface area contributed by atoms with Crippen LogP contribution in [-0.2, 0) is 11.3 Å². The van der Waals surface area contributed by atoms with Crippen molar-refractivity contribution in [2.75, 3.05) is 11.1 Å². The molecule has 1 fully saturated rings. The van der Waals surface area contributed by atoms with Crippen molar-refractivity contribution in [2.45, 2.75) is 44.9 Å². The van der Waals surface area contributed by atoms with Crippen LogP contribution in [0.2, 0.25) is 0 Å². The molecule has 3 N–H and O–H groups in total. The van der Waals surface area contributed by atoms with E-state index in [1.165, 1.54) is 5.56 Å². The summed E-state index contributed by atoms with van der Waals surface area (Å²) in [5, 5.41) is 7.92. The molecule has 0 bridgehead atoms. The van der Waals surface area contributed by atoms with Crippen molar-refractivity contribution < 1.29 is 4.74 Å². The van der Waals surface area contributed by atoms with Crippen molar-refractivity contribution in [3.63, 3.8) is 0 Å². The Morgan fingerprint density at radius 2 is 2.03 bits per heavy atom. The zero-order chi connectivity index (χ0) is 21.2. The molecule has 0 spiro atoms. The second-order valence-electron chi connectivity index (χ2n) is 7.97. The Balaban J connectivity index is 1.34. The number of anilines is 2. The predicted molar refractivity (Wildman–Crippen MR) is 119 cm³/mol. The molecule has 0 saturated heterocycles. The molecule has 5 rings (SSSR count). The van der Waals surface area contributed by atoms with E-state index in [1.807, 2.05) is 37.4 Å². The fourth-order valence-electron chi connectivity index (χ4n) is 4.12. The molecule has 0 unspecified atom stereocenters. The molecule has 3 aromatic heterocycles. The highest BCUT2D eigenvalue weighted by Crippen LogP contribution is 2.30. The third kappa shape index (κ3) is 4.06. The molecule has 0 aliphatic heterocycles. The molecule has 1 aliphatic carbocycles. The van der Waals surface area contributed by atoms with E-state index in [0.29, 0.717) is 29.3 Å². The van der Waals surface area contributed by atoms with E-state index in [4.69, 9.17) is 10.5 Å². The van der Waals surface area contributed by atoms with Crippen LogP contribution in [0.15, 0.2) is 55.1 Å². The van der Waals surface area contributed by atoms with Gasteiger partial charge in [0, 0.05) is 18.5 Å². The van der Waals surface area contributed by atoms with Gasteiger partial charge in [-0.1, -0.05) is 30.3 Å². The van der Waals surface area contributed by atoms with Crippen LogP contribution in [0.1, 0.15) is 30.4 Å². The minimum Gasteiger partial charge on any atom is -0.382 e. The summed E-state index contributed by atoms with van der Waals surface area (Å²) < 4.78 is 7.91. The van der Waals surface area contributed by atoms with Gasteiger partial charge in [-0.05, 0) is 37.3 Å². The van der Waals surface area contributed by atoms with E-state index < -0.39 is 0 Å². The van der Waals surface area contributed by atoms with Crippen molar-refractivity contribution in [1.82, 2.24) is 24.6 Å². The number of nitrogens with two attached hydrogens (primary N) is 1. The van der Waals surface area contributed by atoms with Gasteiger partial charge in [0.15, 0.2) is 11.5 Å². The second-order valence-corrected chi connectivity index (χ2v) is 7.97. The van der Waals surface area contributed by atoms with Gasteiger partial charge in [-0.3, -0.25) is 0 Å². The van der Waals surface area contributed by atoms with Crippen LogP contribution in [0.5, 0.6) is 0 Å². The number of nitrogen functional groups attached to an aromatic ring is 1. The number of nitrogens with zero attached hydrogens (tertiary/aromatic N) is 5. The maximum atomic E-state index is 6.22. The van der Waals surface area contributed by atoms with Gasteiger partial charge < -0.3 is 15.8 Å². The van der Waals surface area contributed by atoms with Gasteiger partial charge in [0.25, 0.3) is 0 Å². The van der Waals surface area contributed by atoms with E-state index in [0.717, 1.165) is 30.6 Å². The lowest BCUT2D eigenvalue weighted by Crippen LogP contribution is -2.31. The predicted octanol–water partition coefficient (Wildman–Crippen LogP) is 3.63. The molecule has 8 nitrogen and oxygen atoms in total. The summed E-state index contributed by atoms with van der Waals surface area (Å²) in [6, 6.07) is 12.4. The molecular weight excluding hydrogens is 390 g/mol. The first-order valence-corrected chi connectivity index (χ1v) is 10.5. The lowest BCUT2D eigenvalue weighted by molar-refractivity contribution is 0.0394. The average molecular weight is 416 g/mol. The van der Waals surface area contributed by atoms with E-state index in [9.17, 15) is 0 Å². The Labute approximate surface area is 180 Å². The number of hydrogen-bond donors (Lipinski definition) is 2. The number of fused-ring (bicyclic) bond motifs is 1. The lowest BCUT2D eigenvalue weighted by Gasteiger charge is -2.22. The molecule has 1 aromatic carbocycles. The van der Waals surface area contributed by atoms with E-state index in [1.54, 1.807) is 17.0 Å². The zero-order valence-corrected chi connectivity index (χ0v) is 17.4. The molecule has 0 amide bonds. The highest BCUT2D eigenvalue weighted by atomic mass is 16.5. The summed E-state index contributed by atoms with van der Waals surface area (Å²) in [6.07, 6.45) is 8.59. The van der Waals surface area contributed by atoms with Crippen LogP contribution in [0.25, 0.3) is 16.9 Å². The molecule has 2 atom stereocenters. The fourth-order valence-corrected chi connectivity index (χ4v) is 4.12. The zero-order valence-electron chi connectivity index (χ0n) is 17.4. The van der Waals surface area contributed by atoms with Crippen LogP contribution < -0.4 is 11.1 Å². The van der Waals surface area contributed by atoms with Gasteiger partial charge in [0.2, 0.25) is 0 Å². The third-order valence-electron chi connectivity index (χ3n) is 5.64. The first-order chi connectivity index (χ1) is 15.2. The van der Waals surface area contributed by atoms with Gasteiger partial charge in [-0.15, -0.1) is 5.10 Å². The topological polar surface area (TPSA) is 103 Å². The Kier molecular flexibility index (Phi) is 5.21. The van der Waals surface area contributed by atoms with Crippen molar-refractivity contribution in [3.8, 4) is 11.3 Å². The molecule has 1 aliphatic rings. The minimum absolute atomic E-state index is 0.144. The van der Waals surface area contributed by atoms with Crippen molar-refractivity contribution in [2.24, 2.45) is 0 Å². The molecule has 1 saturated carbocycles. The molecular formula is C23H25N7O. The number of ether oxygens (including phenoxy) is 1. The maximum absolute atomic E-state index is 6.22. The highest BCUT2D eigenvalue weighted by Gasteiger charge is 2.28. The van der Waals surface area contributed by atoms with Gasteiger partial charge in [-0.25, -0.2) is 19.5 Å². The Morgan fingerprint density at radius 3 is 2.90 bits per heavy atom. The summed E-state index contributed by atoms with van der Waals surface area (Å²) in [7, 11) is 0. The van der Waals surface area contributed by atoms with Crippen LogP contribution in [-0.4, -0.2) is 36.7 Å². The summed E-state index contributed by atoms with van der Waals surface area (Å²) >= 11 is 0. The quantitative estimate of drug-likeness (QED) is 0.496. The largest absolute Gasteiger partial charge is 0.382 e. The SMILES string of the molecule is Cc1cnc2c(-c3cc(N[C@@H]4CCC[C@H]4OCc4ccccc4)ncn3)c(N)nn2c1. The minimum atomic E-state index is 0.144. The number of aromatic nitrogens is 5. The average Bonchev–Trinajstić information content (AvgIpc) is 3.35. The first kappa shape index (κ1) is 19.4. The van der Waals surface area contributed by atoms with E-state index >= 15 is 0 Å². The molecule has 158 valence electrons. The van der Waals surface area contributed by atoms with E-state index in [-0.39, 0.29) is 12.1 Å². The van der Waals surface area contributed by atoms with E-state index in [2.05, 4.69) is 37.5 Å². The fraction of sp³-hybridized carbons (Fsp3) is 0.304. The monoisotopic (exact) mass is 415 g/mol. The normalized spacial score (nSPS) is 18.5. The van der Waals surface area contributed by atoms with Crippen molar-refractivity contribution in [1.29, 1.82) is 0 Å². The van der Waals surface area contributed by atoms with Crippen molar-refractivity contribution >= 4 is 17.3 Å². The van der Waals surface area contributed by atoms with Gasteiger partial charge in [0.1, 0.15) is 12.1 Å². The van der Waals surface area contributed by atoms with Crippen LogP contribution in [0.3, 0.4) is 0 Å². The summed E-state index contributed by atoms with van der Waals surface area (Å²) in [5.74, 6) is 1.14. The summed E-state index contributed by atoms with van der Waals surface area (Å²) in [5.41, 5.74) is 10.5. The number of aryl methyl sites for hydroxylation is 1. The van der Waals surface area contributed by atoms with Crippen LogP contribution >= 0.6 is 0 Å². The number of hydrogen-bond acceptors (Lipinski definition) is 7. The Morgan fingerprint density at radius 1 is 1.16 bits per heavy atom. The molecule has 8 heteroatoms. The summed E-state index contributed by atoms with van der Waals surface area (Å²) in [6.45, 7) is 2.58. The molecule has 3 heterocycles.